The smallest absolute Gasteiger partial charge is 0.338 e. The van der Waals surface area contributed by atoms with Crippen molar-refractivity contribution in [3.63, 3.8) is 0 Å². The van der Waals surface area contributed by atoms with E-state index in [2.05, 4.69) is 0 Å². The molecule has 3 aromatic rings. The highest BCUT2D eigenvalue weighted by atomic mass is 16.5. The van der Waals surface area contributed by atoms with E-state index in [4.69, 9.17) is 9.47 Å². The molecule has 0 aliphatic rings. The Labute approximate surface area is 141 Å². The number of esters is 1. The van der Waals surface area contributed by atoms with Crippen LogP contribution in [0.4, 0.5) is 0 Å². The maximum absolute atomic E-state index is 11.9. The predicted molar refractivity (Wildman–Crippen MR) is 94.0 cm³/mol. The number of carbonyl (C=O) groups excluding carboxylic acids is 1. The van der Waals surface area contributed by atoms with Crippen LogP contribution in [0.15, 0.2) is 78.9 Å². The summed E-state index contributed by atoms with van der Waals surface area (Å²) in [5.74, 6) is 0.262. The molecule has 0 aliphatic heterocycles. The number of ether oxygens (including phenoxy) is 2. The van der Waals surface area contributed by atoms with E-state index in [0.717, 1.165) is 16.7 Å². The van der Waals surface area contributed by atoms with Crippen molar-refractivity contribution in [3.05, 3.63) is 90.0 Å². The van der Waals surface area contributed by atoms with E-state index in [-0.39, 0.29) is 5.97 Å². The second-order valence-corrected chi connectivity index (χ2v) is 5.38. The number of benzene rings is 3. The summed E-state index contributed by atoms with van der Waals surface area (Å²) in [4.78, 5) is 11.9. The second-order valence-electron chi connectivity index (χ2n) is 5.38. The topological polar surface area (TPSA) is 35.5 Å². The predicted octanol–water partition coefficient (Wildman–Crippen LogP) is 4.72. The van der Waals surface area contributed by atoms with E-state index in [0.29, 0.717) is 17.9 Å². The Morgan fingerprint density at radius 1 is 0.833 bits per heavy atom. The van der Waals surface area contributed by atoms with Gasteiger partial charge in [-0.25, -0.2) is 4.79 Å². The lowest BCUT2D eigenvalue weighted by atomic mass is 10.0. The van der Waals surface area contributed by atoms with Crippen LogP contribution in [0.2, 0.25) is 0 Å². The lowest BCUT2D eigenvalue weighted by molar-refractivity contribution is 0.0600. The van der Waals surface area contributed by atoms with Gasteiger partial charge in [0.2, 0.25) is 0 Å². The van der Waals surface area contributed by atoms with Gasteiger partial charge in [0, 0.05) is 0 Å². The van der Waals surface area contributed by atoms with Crippen molar-refractivity contribution in [1.29, 1.82) is 0 Å². The molecule has 3 nitrogen and oxygen atoms in total. The molecule has 0 bridgehead atoms. The zero-order valence-corrected chi connectivity index (χ0v) is 13.4. The molecule has 0 saturated heterocycles. The average molecular weight is 318 g/mol. The standard InChI is InChI=1S/C21H18O3/c1-23-21(22)19-12-18(17-10-6-3-7-11-17)13-20(14-19)24-15-16-8-4-2-5-9-16/h2-14H,15H2,1H3. The normalized spacial score (nSPS) is 10.2. The number of carbonyl (C=O) groups is 1. The van der Waals surface area contributed by atoms with Gasteiger partial charge in [0.05, 0.1) is 12.7 Å². The van der Waals surface area contributed by atoms with Gasteiger partial charge in [-0.2, -0.15) is 0 Å². The molecule has 0 N–H and O–H groups in total. The van der Waals surface area contributed by atoms with Crippen molar-refractivity contribution in [3.8, 4) is 16.9 Å². The first-order valence-electron chi connectivity index (χ1n) is 7.72. The first-order valence-corrected chi connectivity index (χ1v) is 7.72. The molecule has 3 rings (SSSR count). The highest BCUT2D eigenvalue weighted by Crippen LogP contribution is 2.27. The van der Waals surface area contributed by atoms with Crippen LogP contribution in [0, 0.1) is 0 Å². The first-order chi connectivity index (χ1) is 11.8. The summed E-state index contributed by atoms with van der Waals surface area (Å²) in [7, 11) is 1.38. The summed E-state index contributed by atoms with van der Waals surface area (Å²) in [6.07, 6.45) is 0. The first kappa shape index (κ1) is 15.8. The van der Waals surface area contributed by atoms with Gasteiger partial charge >= 0.3 is 5.97 Å². The van der Waals surface area contributed by atoms with Gasteiger partial charge in [0.15, 0.2) is 0 Å². The molecule has 0 heterocycles. The molecule has 3 heteroatoms. The highest BCUT2D eigenvalue weighted by Gasteiger charge is 2.11. The zero-order chi connectivity index (χ0) is 16.8. The van der Waals surface area contributed by atoms with Crippen LogP contribution < -0.4 is 4.74 Å². The lowest BCUT2D eigenvalue weighted by Gasteiger charge is -2.11. The van der Waals surface area contributed by atoms with Crippen LogP contribution in [0.3, 0.4) is 0 Å². The van der Waals surface area contributed by atoms with Crippen LogP contribution >= 0.6 is 0 Å². The van der Waals surface area contributed by atoms with Crippen molar-refractivity contribution >= 4 is 5.97 Å². The Kier molecular flexibility index (Phi) is 4.92. The second kappa shape index (κ2) is 7.47. The van der Waals surface area contributed by atoms with Crippen molar-refractivity contribution in [2.45, 2.75) is 6.61 Å². The van der Waals surface area contributed by atoms with Crippen LogP contribution in [-0.4, -0.2) is 13.1 Å². The Morgan fingerprint density at radius 3 is 2.17 bits per heavy atom. The minimum absolute atomic E-state index is 0.377. The van der Waals surface area contributed by atoms with E-state index in [1.165, 1.54) is 7.11 Å². The third kappa shape index (κ3) is 3.82. The molecule has 0 saturated carbocycles. The van der Waals surface area contributed by atoms with Crippen LogP contribution in [0.5, 0.6) is 5.75 Å². The summed E-state index contributed by atoms with van der Waals surface area (Å²) in [5, 5.41) is 0. The Bertz CT molecular complexity index is 811. The van der Waals surface area contributed by atoms with Gasteiger partial charge in [-0.15, -0.1) is 0 Å². The quantitative estimate of drug-likeness (QED) is 0.639. The number of hydrogen-bond donors (Lipinski definition) is 0. The molecular formula is C21H18O3. The van der Waals surface area contributed by atoms with Crippen molar-refractivity contribution in [2.75, 3.05) is 7.11 Å². The van der Waals surface area contributed by atoms with E-state index in [1.54, 1.807) is 6.07 Å². The van der Waals surface area contributed by atoms with Crippen LogP contribution in [-0.2, 0) is 11.3 Å². The molecule has 0 fully saturated rings. The fourth-order valence-corrected chi connectivity index (χ4v) is 2.46. The monoisotopic (exact) mass is 318 g/mol. The molecular weight excluding hydrogens is 300 g/mol. The van der Waals surface area contributed by atoms with Crippen molar-refractivity contribution in [1.82, 2.24) is 0 Å². The molecule has 0 unspecified atom stereocenters. The maximum atomic E-state index is 11.9. The molecule has 0 atom stereocenters. The lowest BCUT2D eigenvalue weighted by Crippen LogP contribution is -2.03. The fourth-order valence-electron chi connectivity index (χ4n) is 2.46. The highest BCUT2D eigenvalue weighted by molar-refractivity contribution is 5.91. The van der Waals surface area contributed by atoms with Crippen molar-refractivity contribution in [2.24, 2.45) is 0 Å². The minimum Gasteiger partial charge on any atom is -0.489 e. The number of methoxy groups -OCH3 is 1. The zero-order valence-electron chi connectivity index (χ0n) is 13.4. The summed E-state index contributed by atoms with van der Waals surface area (Å²) >= 11 is 0. The fraction of sp³-hybridized carbons (Fsp3) is 0.0952. The molecule has 0 spiro atoms. The third-order valence-electron chi connectivity index (χ3n) is 3.68. The van der Waals surface area contributed by atoms with Gasteiger partial charge in [-0.1, -0.05) is 60.7 Å². The molecule has 0 amide bonds. The summed E-state index contributed by atoms with van der Waals surface area (Å²) in [6, 6.07) is 25.3. The molecule has 24 heavy (non-hydrogen) atoms. The molecule has 0 aromatic heterocycles. The Morgan fingerprint density at radius 2 is 1.50 bits per heavy atom. The van der Waals surface area contributed by atoms with Gasteiger partial charge in [0.25, 0.3) is 0 Å². The Balaban J connectivity index is 1.91. The summed E-state index contributed by atoms with van der Waals surface area (Å²) in [6.45, 7) is 0.444. The largest absolute Gasteiger partial charge is 0.489 e. The number of rotatable bonds is 5. The third-order valence-corrected chi connectivity index (χ3v) is 3.68. The van der Waals surface area contributed by atoms with Gasteiger partial charge < -0.3 is 9.47 Å². The van der Waals surface area contributed by atoms with Crippen LogP contribution in [0.25, 0.3) is 11.1 Å². The maximum Gasteiger partial charge on any atom is 0.338 e. The van der Waals surface area contributed by atoms with Gasteiger partial charge in [-0.3, -0.25) is 0 Å². The SMILES string of the molecule is COC(=O)c1cc(OCc2ccccc2)cc(-c2ccccc2)c1. The van der Waals surface area contributed by atoms with E-state index in [1.807, 2.05) is 72.8 Å². The molecule has 0 aliphatic carbocycles. The number of hydrogen-bond acceptors (Lipinski definition) is 3. The van der Waals surface area contributed by atoms with E-state index < -0.39 is 0 Å². The van der Waals surface area contributed by atoms with Gasteiger partial charge in [-0.05, 0) is 34.9 Å². The average Bonchev–Trinajstić information content (AvgIpc) is 2.67. The summed E-state index contributed by atoms with van der Waals surface area (Å²) < 4.78 is 10.7. The van der Waals surface area contributed by atoms with Crippen molar-refractivity contribution < 1.29 is 14.3 Å². The molecule has 120 valence electrons. The van der Waals surface area contributed by atoms with E-state index >= 15 is 0 Å². The molecule has 3 aromatic carbocycles. The van der Waals surface area contributed by atoms with E-state index in [9.17, 15) is 4.79 Å². The molecule has 0 radical (unpaired) electrons. The summed E-state index contributed by atoms with van der Waals surface area (Å²) in [5.41, 5.74) is 3.48. The van der Waals surface area contributed by atoms with Gasteiger partial charge in [0.1, 0.15) is 12.4 Å². The Hall–Kier alpha value is -3.07. The van der Waals surface area contributed by atoms with Crippen LogP contribution in [0.1, 0.15) is 15.9 Å². The minimum atomic E-state index is -0.377.